The standard InChI is InChI=1S/C26H25FN2O2/c1-31-17-19-6-4-5-18(15-19)16-28-25(30)14-13-23-22-7-2-3-8-24(22)29-26(23)20-9-11-21(27)12-10-20/h2-12,15,29H,13-14,16-17H2,1H3,(H,28,30). The van der Waals surface area contributed by atoms with Gasteiger partial charge >= 0.3 is 0 Å². The number of benzene rings is 3. The van der Waals surface area contributed by atoms with Crippen LogP contribution in [0.25, 0.3) is 22.2 Å². The van der Waals surface area contributed by atoms with Crippen LogP contribution in [0.3, 0.4) is 0 Å². The van der Waals surface area contributed by atoms with Crippen LogP contribution in [0.5, 0.6) is 0 Å². The molecule has 0 saturated heterocycles. The second-order valence-corrected chi connectivity index (χ2v) is 7.56. The number of aromatic amines is 1. The number of halogens is 1. The zero-order valence-corrected chi connectivity index (χ0v) is 17.5. The van der Waals surface area contributed by atoms with E-state index in [4.69, 9.17) is 4.74 Å². The van der Waals surface area contributed by atoms with Crippen molar-refractivity contribution in [3.63, 3.8) is 0 Å². The van der Waals surface area contributed by atoms with Gasteiger partial charge in [-0.25, -0.2) is 4.39 Å². The van der Waals surface area contributed by atoms with Crippen molar-refractivity contribution in [2.24, 2.45) is 0 Å². The molecule has 0 spiro atoms. The summed E-state index contributed by atoms with van der Waals surface area (Å²) in [6.07, 6.45) is 0.958. The SMILES string of the molecule is COCc1cccc(CNC(=O)CCc2c(-c3ccc(F)cc3)[nH]c3ccccc23)c1. The van der Waals surface area contributed by atoms with Gasteiger partial charge in [0.25, 0.3) is 0 Å². The molecule has 0 radical (unpaired) electrons. The van der Waals surface area contributed by atoms with Gasteiger partial charge in [0, 0.05) is 36.7 Å². The maximum Gasteiger partial charge on any atom is 0.220 e. The van der Waals surface area contributed by atoms with Gasteiger partial charge in [-0.05, 0) is 59.0 Å². The van der Waals surface area contributed by atoms with Crippen LogP contribution in [0.4, 0.5) is 4.39 Å². The average molecular weight is 416 g/mol. The molecule has 0 atom stereocenters. The van der Waals surface area contributed by atoms with Crippen LogP contribution >= 0.6 is 0 Å². The molecule has 0 saturated carbocycles. The van der Waals surface area contributed by atoms with Gasteiger partial charge in [-0.15, -0.1) is 0 Å². The number of para-hydroxylation sites is 1. The number of hydrogen-bond acceptors (Lipinski definition) is 2. The molecule has 1 heterocycles. The first kappa shape index (κ1) is 20.8. The monoisotopic (exact) mass is 416 g/mol. The number of H-pyrrole nitrogens is 1. The maximum absolute atomic E-state index is 13.4. The number of aryl methyl sites for hydroxylation is 1. The lowest BCUT2D eigenvalue weighted by molar-refractivity contribution is -0.121. The molecule has 2 N–H and O–H groups in total. The van der Waals surface area contributed by atoms with Gasteiger partial charge in [-0.2, -0.15) is 0 Å². The summed E-state index contributed by atoms with van der Waals surface area (Å²) >= 11 is 0. The predicted molar refractivity (Wildman–Crippen MR) is 121 cm³/mol. The van der Waals surface area contributed by atoms with Crippen LogP contribution in [0.2, 0.25) is 0 Å². The molecule has 0 unspecified atom stereocenters. The van der Waals surface area contributed by atoms with Crippen LogP contribution in [0.15, 0.2) is 72.8 Å². The molecular formula is C26H25FN2O2. The lowest BCUT2D eigenvalue weighted by Crippen LogP contribution is -2.23. The van der Waals surface area contributed by atoms with E-state index in [2.05, 4.69) is 10.3 Å². The number of amides is 1. The molecule has 0 aliphatic carbocycles. The summed E-state index contributed by atoms with van der Waals surface area (Å²) in [6.45, 7) is 1.03. The summed E-state index contributed by atoms with van der Waals surface area (Å²) in [5, 5.41) is 4.09. The molecule has 4 nitrogen and oxygen atoms in total. The highest BCUT2D eigenvalue weighted by Gasteiger charge is 2.14. The summed E-state index contributed by atoms with van der Waals surface area (Å²) in [5.74, 6) is -0.275. The molecule has 0 fully saturated rings. The molecule has 31 heavy (non-hydrogen) atoms. The lowest BCUT2D eigenvalue weighted by Gasteiger charge is -2.08. The minimum atomic E-state index is -0.268. The van der Waals surface area contributed by atoms with Gasteiger partial charge in [0.1, 0.15) is 5.82 Å². The van der Waals surface area contributed by atoms with Gasteiger partial charge in [-0.1, -0.05) is 42.5 Å². The Balaban J connectivity index is 1.47. The number of aromatic nitrogens is 1. The van der Waals surface area contributed by atoms with Gasteiger partial charge in [-0.3, -0.25) is 4.79 Å². The molecule has 1 amide bonds. The predicted octanol–water partition coefficient (Wildman–Crippen LogP) is 5.37. The van der Waals surface area contributed by atoms with E-state index in [0.717, 1.165) is 38.9 Å². The first-order valence-electron chi connectivity index (χ1n) is 10.3. The number of carbonyl (C=O) groups excluding carboxylic acids is 1. The van der Waals surface area contributed by atoms with E-state index in [1.54, 1.807) is 19.2 Å². The highest BCUT2D eigenvalue weighted by molar-refractivity contribution is 5.91. The summed E-state index contributed by atoms with van der Waals surface area (Å²) in [4.78, 5) is 16.0. The van der Waals surface area contributed by atoms with Crippen molar-refractivity contribution in [1.29, 1.82) is 0 Å². The number of rotatable bonds is 8. The molecule has 158 valence electrons. The quantitative estimate of drug-likeness (QED) is 0.406. The smallest absolute Gasteiger partial charge is 0.220 e. The van der Waals surface area contributed by atoms with Crippen LogP contribution < -0.4 is 5.32 Å². The molecular weight excluding hydrogens is 391 g/mol. The van der Waals surface area contributed by atoms with Crippen molar-refractivity contribution >= 4 is 16.8 Å². The molecule has 0 aliphatic heterocycles. The van der Waals surface area contributed by atoms with Crippen molar-refractivity contribution in [3.8, 4) is 11.3 Å². The third-order valence-electron chi connectivity index (χ3n) is 5.34. The Morgan fingerprint density at radius 3 is 2.58 bits per heavy atom. The Morgan fingerprint density at radius 1 is 1.00 bits per heavy atom. The largest absolute Gasteiger partial charge is 0.380 e. The molecule has 4 rings (SSSR count). The first-order valence-corrected chi connectivity index (χ1v) is 10.3. The number of carbonyl (C=O) groups is 1. The van der Waals surface area contributed by atoms with Gasteiger partial charge in [0.15, 0.2) is 0 Å². The van der Waals surface area contributed by atoms with Crippen molar-refractivity contribution in [2.75, 3.05) is 7.11 Å². The van der Waals surface area contributed by atoms with Crippen molar-refractivity contribution < 1.29 is 13.9 Å². The number of fused-ring (bicyclic) bond motifs is 1. The number of nitrogens with one attached hydrogen (secondary N) is 2. The normalized spacial score (nSPS) is 11.0. The Labute approximate surface area is 181 Å². The van der Waals surface area contributed by atoms with Crippen molar-refractivity contribution in [2.45, 2.75) is 26.0 Å². The Hall–Kier alpha value is -3.44. The highest BCUT2D eigenvalue weighted by Crippen LogP contribution is 2.31. The van der Waals surface area contributed by atoms with E-state index >= 15 is 0 Å². The zero-order valence-electron chi connectivity index (χ0n) is 17.5. The summed E-state index contributed by atoms with van der Waals surface area (Å²) in [6, 6.07) is 22.5. The zero-order chi connectivity index (χ0) is 21.6. The number of hydrogen-bond donors (Lipinski definition) is 2. The minimum absolute atomic E-state index is 0.00696. The molecule has 1 aromatic heterocycles. The number of ether oxygens (including phenoxy) is 1. The van der Waals surface area contributed by atoms with Crippen molar-refractivity contribution in [3.05, 3.63) is 95.3 Å². The fourth-order valence-electron chi connectivity index (χ4n) is 3.85. The average Bonchev–Trinajstić information content (AvgIpc) is 3.16. The Bertz CT molecular complexity index is 1180. The van der Waals surface area contributed by atoms with Crippen LogP contribution in [-0.4, -0.2) is 18.0 Å². The van der Waals surface area contributed by atoms with Crippen LogP contribution in [-0.2, 0) is 29.1 Å². The third-order valence-corrected chi connectivity index (χ3v) is 5.34. The van der Waals surface area contributed by atoms with Crippen LogP contribution in [0, 0.1) is 5.82 Å². The molecule has 0 aliphatic rings. The highest BCUT2D eigenvalue weighted by atomic mass is 19.1. The van der Waals surface area contributed by atoms with Crippen LogP contribution in [0.1, 0.15) is 23.1 Å². The summed E-state index contributed by atoms with van der Waals surface area (Å²) < 4.78 is 18.6. The molecule has 4 aromatic rings. The summed E-state index contributed by atoms with van der Waals surface area (Å²) in [5.41, 5.74) is 6.04. The van der Waals surface area contributed by atoms with E-state index < -0.39 is 0 Å². The molecule has 0 bridgehead atoms. The maximum atomic E-state index is 13.4. The fourth-order valence-corrected chi connectivity index (χ4v) is 3.85. The topological polar surface area (TPSA) is 54.1 Å². The van der Waals surface area contributed by atoms with E-state index in [1.165, 1.54) is 12.1 Å². The van der Waals surface area contributed by atoms with E-state index in [1.807, 2.05) is 48.5 Å². The van der Waals surface area contributed by atoms with E-state index in [-0.39, 0.29) is 11.7 Å². The summed E-state index contributed by atoms with van der Waals surface area (Å²) in [7, 11) is 1.67. The second kappa shape index (κ2) is 9.58. The number of methoxy groups -OCH3 is 1. The minimum Gasteiger partial charge on any atom is -0.380 e. The van der Waals surface area contributed by atoms with Gasteiger partial charge in [0.2, 0.25) is 5.91 Å². The lowest BCUT2D eigenvalue weighted by atomic mass is 10.0. The van der Waals surface area contributed by atoms with Gasteiger partial charge < -0.3 is 15.0 Å². The second-order valence-electron chi connectivity index (χ2n) is 7.56. The molecule has 5 heteroatoms. The fraction of sp³-hybridized carbons (Fsp3) is 0.192. The van der Waals surface area contributed by atoms with Gasteiger partial charge in [0.05, 0.1) is 6.61 Å². The first-order chi connectivity index (χ1) is 15.1. The van der Waals surface area contributed by atoms with Crippen molar-refractivity contribution in [1.82, 2.24) is 10.3 Å². The van der Waals surface area contributed by atoms with E-state index in [9.17, 15) is 9.18 Å². The Morgan fingerprint density at radius 2 is 1.77 bits per heavy atom. The third kappa shape index (κ3) is 5.01. The van der Waals surface area contributed by atoms with E-state index in [0.29, 0.717) is 26.0 Å². The Kier molecular flexibility index (Phi) is 6.43. The molecule has 3 aromatic carbocycles.